The zero-order valence-corrected chi connectivity index (χ0v) is 10.7. The van der Waals surface area contributed by atoms with Crippen LogP contribution in [-0.4, -0.2) is 19.1 Å². The van der Waals surface area contributed by atoms with Crippen LogP contribution in [0, 0.1) is 0 Å². The van der Waals surface area contributed by atoms with Crippen LogP contribution in [0.25, 0.3) is 0 Å². The summed E-state index contributed by atoms with van der Waals surface area (Å²) in [5.41, 5.74) is 11.8. The molecule has 1 aromatic carbocycles. The summed E-state index contributed by atoms with van der Waals surface area (Å²) in [6, 6.07) is 8.08. The van der Waals surface area contributed by atoms with Gasteiger partial charge in [-0.15, -0.1) is 0 Å². The number of hydrogen-bond acceptors (Lipinski definition) is 2. The molecule has 17 heavy (non-hydrogen) atoms. The van der Waals surface area contributed by atoms with Gasteiger partial charge in [0.2, 0.25) is 0 Å². The molecular weight excluding hydrogens is 214 g/mol. The van der Waals surface area contributed by atoms with Crippen molar-refractivity contribution in [3.8, 4) is 5.75 Å². The zero-order chi connectivity index (χ0) is 12.9. The minimum Gasteiger partial charge on any atom is -0.492 e. The summed E-state index contributed by atoms with van der Waals surface area (Å²) in [6.07, 6.45) is 0. The highest BCUT2D eigenvalue weighted by atomic mass is 16.5. The lowest BCUT2D eigenvalue weighted by Crippen LogP contribution is -2.23. The first-order valence-corrected chi connectivity index (χ1v) is 5.68. The highest BCUT2D eigenvalue weighted by molar-refractivity contribution is 5.75. The minimum atomic E-state index is 0.0945. The lowest BCUT2D eigenvalue weighted by atomic mass is 9.87. The maximum atomic E-state index is 5.57. The summed E-state index contributed by atoms with van der Waals surface area (Å²) in [4.78, 5) is 3.86. The Bertz CT molecular complexity index is 390. The van der Waals surface area contributed by atoms with Crippen molar-refractivity contribution in [1.29, 1.82) is 0 Å². The van der Waals surface area contributed by atoms with Crippen molar-refractivity contribution in [3.05, 3.63) is 29.8 Å². The van der Waals surface area contributed by atoms with Crippen LogP contribution in [-0.2, 0) is 5.41 Å². The summed E-state index contributed by atoms with van der Waals surface area (Å²) in [5, 5.41) is 0. The number of ether oxygens (including phenoxy) is 1. The second kappa shape index (κ2) is 5.57. The van der Waals surface area contributed by atoms with E-state index in [0.29, 0.717) is 13.2 Å². The van der Waals surface area contributed by atoms with Crippen LogP contribution in [0.3, 0.4) is 0 Å². The van der Waals surface area contributed by atoms with Crippen LogP contribution < -0.4 is 16.2 Å². The van der Waals surface area contributed by atoms with Crippen molar-refractivity contribution >= 4 is 5.96 Å². The Labute approximate surface area is 103 Å². The Morgan fingerprint density at radius 1 is 1.29 bits per heavy atom. The van der Waals surface area contributed by atoms with E-state index in [1.807, 2.05) is 12.1 Å². The van der Waals surface area contributed by atoms with Gasteiger partial charge in [-0.1, -0.05) is 32.9 Å². The molecule has 4 N–H and O–H groups in total. The van der Waals surface area contributed by atoms with Gasteiger partial charge in [-0.2, -0.15) is 0 Å². The van der Waals surface area contributed by atoms with Crippen molar-refractivity contribution in [2.45, 2.75) is 26.2 Å². The van der Waals surface area contributed by atoms with Crippen LogP contribution >= 0.6 is 0 Å². The monoisotopic (exact) mass is 235 g/mol. The predicted molar refractivity (Wildman–Crippen MR) is 71.3 cm³/mol. The Morgan fingerprint density at radius 2 is 2.00 bits per heavy atom. The molecule has 0 amide bonds. The SMILES string of the molecule is CC(C)(C)c1cccc(OCCN=C(N)N)c1. The van der Waals surface area contributed by atoms with E-state index in [4.69, 9.17) is 16.2 Å². The lowest BCUT2D eigenvalue weighted by Gasteiger charge is -2.19. The van der Waals surface area contributed by atoms with Crippen LogP contribution in [0.5, 0.6) is 5.75 Å². The molecule has 1 rings (SSSR count). The molecule has 0 bridgehead atoms. The molecule has 0 unspecified atom stereocenters. The van der Waals surface area contributed by atoms with E-state index < -0.39 is 0 Å². The molecule has 0 saturated carbocycles. The first-order chi connectivity index (χ1) is 7.89. The normalized spacial score (nSPS) is 11.0. The third-order valence-corrected chi connectivity index (χ3v) is 2.35. The second-order valence-corrected chi connectivity index (χ2v) is 4.93. The fourth-order valence-electron chi connectivity index (χ4n) is 1.39. The number of guanidine groups is 1. The van der Waals surface area contributed by atoms with Crippen LogP contribution in [0.4, 0.5) is 0 Å². The van der Waals surface area contributed by atoms with E-state index in [2.05, 4.69) is 37.9 Å². The van der Waals surface area contributed by atoms with E-state index >= 15 is 0 Å². The molecule has 4 heteroatoms. The van der Waals surface area contributed by atoms with E-state index in [1.54, 1.807) is 0 Å². The van der Waals surface area contributed by atoms with Gasteiger partial charge in [-0.05, 0) is 23.1 Å². The summed E-state index contributed by atoms with van der Waals surface area (Å²) < 4.78 is 5.57. The summed E-state index contributed by atoms with van der Waals surface area (Å²) in [6.45, 7) is 7.47. The minimum absolute atomic E-state index is 0.0945. The fourth-order valence-corrected chi connectivity index (χ4v) is 1.39. The summed E-state index contributed by atoms with van der Waals surface area (Å²) >= 11 is 0. The average molecular weight is 235 g/mol. The fraction of sp³-hybridized carbons (Fsp3) is 0.462. The Kier molecular flexibility index (Phi) is 4.37. The standard InChI is InChI=1S/C13H21N3O/c1-13(2,3)10-5-4-6-11(9-10)17-8-7-16-12(14)15/h4-6,9H,7-8H2,1-3H3,(H4,14,15,16). The maximum absolute atomic E-state index is 5.57. The molecule has 0 aliphatic rings. The van der Waals surface area contributed by atoms with Gasteiger partial charge in [0, 0.05) is 0 Å². The van der Waals surface area contributed by atoms with Crippen molar-refractivity contribution in [2.75, 3.05) is 13.2 Å². The molecule has 0 fully saturated rings. The molecule has 0 aliphatic carbocycles. The summed E-state index contributed by atoms with van der Waals surface area (Å²) in [7, 11) is 0. The Hall–Kier alpha value is -1.71. The molecule has 0 atom stereocenters. The van der Waals surface area contributed by atoms with Gasteiger partial charge in [0.05, 0.1) is 6.54 Å². The van der Waals surface area contributed by atoms with Crippen LogP contribution in [0.15, 0.2) is 29.3 Å². The zero-order valence-electron chi connectivity index (χ0n) is 10.7. The number of nitrogens with zero attached hydrogens (tertiary/aromatic N) is 1. The highest BCUT2D eigenvalue weighted by Crippen LogP contribution is 2.25. The molecule has 4 nitrogen and oxygen atoms in total. The number of benzene rings is 1. The topological polar surface area (TPSA) is 73.6 Å². The first kappa shape index (κ1) is 13.4. The Balaban J connectivity index is 2.58. The lowest BCUT2D eigenvalue weighted by molar-refractivity contribution is 0.327. The van der Waals surface area contributed by atoms with E-state index in [9.17, 15) is 0 Å². The molecule has 1 aromatic rings. The van der Waals surface area contributed by atoms with E-state index in [1.165, 1.54) is 5.56 Å². The molecular formula is C13H21N3O. The van der Waals surface area contributed by atoms with Crippen molar-refractivity contribution in [3.63, 3.8) is 0 Å². The van der Waals surface area contributed by atoms with Crippen molar-refractivity contribution in [1.82, 2.24) is 0 Å². The van der Waals surface area contributed by atoms with Crippen molar-refractivity contribution < 1.29 is 4.74 Å². The molecule has 0 heterocycles. The first-order valence-electron chi connectivity index (χ1n) is 5.68. The van der Waals surface area contributed by atoms with Gasteiger partial charge < -0.3 is 16.2 Å². The number of aliphatic imine (C=N–C) groups is 1. The van der Waals surface area contributed by atoms with E-state index in [0.717, 1.165) is 5.75 Å². The molecule has 0 spiro atoms. The van der Waals surface area contributed by atoms with Gasteiger partial charge >= 0.3 is 0 Å². The smallest absolute Gasteiger partial charge is 0.186 e. The van der Waals surface area contributed by atoms with Gasteiger partial charge in [-0.25, -0.2) is 0 Å². The van der Waals surface area contributed by atoms with Crippen molar-refractivity contribution in [2.24, 2.45) is 16.5 Å². The molecule has 0 aliphatic heterocycles. The number of nitrogens with two attached hydrogens (primary N) is 2. The summed E-state index contributed by atoms with van der Waals surface area (Å²) in [5.74, 6) is 0.945. The van der Waals surface area contributed by atoms with Crippen LogP contribution in [0.2, 0.25) is 0 Å². The van der Waals surface area contributed by atoms with Gasteiger partial charge in [0.25, 0.3) is 0 Å². The van der Waals surface area contributed by atoms with Gasteiger partial charge in [0.15, 0.2) is 5.96 Å². The number of hydrogen-bond donors (Lipinski definition) is 2. The third kappa shape index (κ3) is 4.76. The molecule has 94 valence electrons. The quantitative estimate of drug-likeness (QED) is 0.473. The molecule has 0 radical (unpaired) electrons. The van der Waals surface area contributed by atoms with Gasteiger partial charge in [0.1, 0.15) is 12.4 Å². The molecule has 0 saturated heterocycles. The van der Waals surface area contributed by atoms with Crippen LogP contribution in [0.1, 0.15) is 26.3 Å². The highest BCUT2D eigenvalue weighted by Gasteiger charge is 2.13. The maximum Gasteiger partial charge on any atom is 0.186 e. The Morgan fingerprint density at radius 3 is 2.59 bits per heavy atom. The largest absolute Gasteiger partial charge is 0.492 e. The van der Waals surface area contributed by atoms with Gasteiger partial charge in [-0.3, -0.25) is 4.99 Å². The third-order valence-electron chi connectivity index (χ3n) is 2.35. The predicted octanol–water partition coefficient (Wildman–Crippen LogP) is 1.64. The van der Waals surface area contributed by atoms with E-state index in [-0.39, 0.29) is 11.4 Å². The second-order valence-electron chi connectivity index (χ2n) is 4.93. The number of rotatable bonds is 4. The molecule has 0 aromatic heterocycles. The average Bonchev–Trinajstić information content (AvgIpc) is 2.23.